The molecule has 33 heavy (non-hydrogen) atoms. The van der Waals surface area contributed by atoms with Crippen molar-refractivity contribution in [1.82, 2.24) is 29.7 Å². The lowest BCUT2D eigenvalue weighted by Gasteiger charge is -2.26. The number of likely N-dealkylation sites (tertiary alicyclic amines) is 1. The summed E-state index contributed by atoms with van der Waals surface area (Å²) in [6.07, 6.45) is 5.58. The molecule has 3 N–H and O–H groups in total. The number of amides is 1. The van der Waals surface area contributed by atoms with Gasteiger partial charge in [-0.1, -0.05) is 19.9 Å². The van der Waals surface area contributed by atoms with Crippen LogP contribution in [0.3, 0.4) is 0 Å². The highest BCUT2D eigenvalue weighted by molar-refractivity contribution is 5.77. The number of H-pyrrole nitrogens is 1. The second-order valence-electron chi connectivity index (χ2n) is 9.24. The summed E-state index contributed by atoms with van der Waals surface area (Å²) in [4.78, 5) is 39.7. The molecule has 0 bridgehead atoms. The maximum absolute atomic E-state index is 13.0. The number of carbonyl (C=O) groups is 1. The summed E-state index contributed by atoms with van der Waals surface area (Å²) in [5.74, 6) is 0.690. The molecule has 176 valence electrons. The van der Waals surface area contributed by atoms with Crippen molar-refractivity contribution in [2.75, 3.05) is 25.0 Å². The lowest BCUT2D eigenvalue weighted by molar-refractivity contribution is -0.121. The summed E-state index contributed by atoms with van der Waals surface area (Å²) in [7, 11) is 0. The number of nitrogens with zero attached hydrogens (tertiary/aromatic N) is 4. The fourth-order valence-electron chi connectivity index (χ4n) is 4.43. The van der Waals surface area contributed by atoms with E-state index >= 15 is 0 Å². The minimum Gasteiger partial charge on any atom is -0.364 e. The Kier molecular flexibility index (Phi) is 7.08. The SMILES string of the molecule is Cc1cnc(NC[C@H]2CCCN2CC(C)C)c(=O)n1CC(=O)NCc1ccc2nc[nH]c2c1. The quantitative estimate of drug-likeness (QED) is 0.461. The lowest BCUT2D eigenvalue weighted by Crippen LogP contribution is -2.39. The van der Waals surface area contributed by atoms with Crippen LogP contribution in [0.2, 0.25) is 0 Å². The molecule has 0 unspecified atom stereocenters. The second kappa shape index (κ2) is 10.2. The first-order valence-corrected chi connectivity index (χ1v) is 11.6. The fourth-order valence-corrected chi connectivity index (χ4v) is 4.43. The van der Waals surface area contributed by atoms with Crippen molar-refractivity contribution in [3.63, 3.8) is 0 Å². The van der Waals surface area contributed by atoms with E-state index in [0.717, 1.165) is 36.1 Å². The van der Waals surface area contributed by atoms with Crippen LogP contribution in [0.5, 0.6) is 0 Å². The molecule has 1 aliphatic rings. The van der Waals surface area contributed by atoms with E-state index in [9.17, 15) is 9.59 Å². The van der Waals surface area contributed by atoms with Gasteiger partial charge in [-0.2, -0.15) is 0 Å². The number of hydrogen-bond acceptors (Lipinski definition) is 6. The van der Waals surface area contributed by atoms with Gasteiger partial charge in [0.1, 0.15) is 6.54 Å². The number of carbonyl (C=O) groups excluding carboxylic acids is 1. The number of nitrogens with one attached hydrogen (secondary N) is 3. The van der Waals surface area contributed by atoms with E-state index in [1.807, 2.05) is 18.2 Å². The molecular weight excluding hydrogens is 418 g/mol. The van der Waals surface area contributed by atoms with Crippen LogP contribution in [0.4, 0.5) is 5.82 Å². The van der Waals surface area contributed by atoms with Gasteiger partial charge in [-0.3, -0.25) is 19.1 Å². The molecule has 1 fully saturated rings. The Balaban J connectivity index is 1.36. The van der Waals surface area contributed by atoms with Crippen molar-refractivity contribution >= 4 is 22.8 Å². The molecule has 4 rings (SSSR count). The Morgan fingerprint density at radius 2 is 2.15 bits per heavy atom. The van der Waals surface area contributed by atoms with Crippen molar-refractivity contribution in [2.45, 2.75) is 52.7 Å². The van der Waals surface area contributed by atoms with E-state index in [0.29, 0.717) is 36.6 Å². The number of aromatic amines is 1. The Labute approximate surface area is 193 Å². The second-order valence-corrected chi connectivity index (χ2v) is 9.24. The molecular formula is C24H33N7O2. The molecule has 0 saturated carbocycles. The van der Waals surface area contributed by atoms with Crippen molar-refractivity contribution in [3.05, 3.63) is 52.3 Å². The zero-order valence-corrected chi connectivity index (χ0v) is 19.6. The predicted octanol–water partition coefficient (Wildman–Crippen LogP) is 2.28. The van der Waals surface area contributed by atoms with Crippen LogP contribution >= 0.6 is 0 Å². The Morgan fingerprint density at radius 3 is 2.97 bits per heavy atom. The van der Waals surface area contributed by atoms with E-state index in [1.165, 1.54) is 11.0 Å². The standard InChI is InChI=1S/C24H33N7O2/c1-16(2)13-30-8-4-5-19(30)12-27-23-24(33)31(17(3)10-26-23)14-22(32)25-11-18-6-7-20-21(9-18)29-15-28-20/h6-7,9-10,15-16,19H,4-5,8,11-14H2,1-3H3,(H,25,32)(H,26,27)(H,28,29)/t19-/m1/s1. The third-order valence-electron chi connectivity index (χ3n) is 6.13. The summed E-state index contributed by atoms with van der Waals surface area (Å²) >= 11 is 0. The molecule has 2 aromatic heterocycles. The van der Waals surface area contributed by atoms with Crippen molar-refractivity contribution < 1.29 is 4.79 Å². The lowest BCUT2D eigenvalue weighted by atomic mass is 10.1. The van der Waals surface area contributed by atoms with Gasteiger partial charge in [0.05, 0.1) is 17.4 Å². The van der Waals surface area contributed by atoms with Crippen LogP contribution in [-0.2, 0) is 17.9 Å². The molecule has 3 heterocycles. The van der Waals surface area contributed by atoms with Gasteiger partial charge < -0.3 is 15.6 Å². The third-order valence-corrected chi connectivity index (χ3v) is 6.13. The van der Waals surface area contributed by atoms with Gasteiger partial charge in [-0.25, -0.2) is 9.97 Å². The van der Waals surface area contributed by atoms with Gasteiger partial charge >= 0.3 is 0 Å². The Bertz CT molecular complexity index is 1170. The van der Waals surface area contributed by atoms with Crippen molar-refractivity contribution in [2.24, 2.45) is 5.92 Å². The largest absolute Gasteiger partial charge is 0.364 e. The average Bonchev–Trinajstić information content (AvgIpc) is 3.43. The average molecular weight is 452 g/mol. The number of rotatable bonds is 9. The van der Waals surface area contributed by atoms with Crippen LogP contribution in [-0.4, -0.2) is 56.0 Å². The molecule has 0 radical (unpaired) electrons. The van der Waals surface area contributed by atoms with Crippen LogP contribution in [0.25, 0.3) is 11.0 Å². The van der Waals surface area contributed by atoms with Crippen molar-refractivity contribution in [1.29, 1.82) is 0 Å². The van der Waals surface area contributed by atoms with E-state index < -0.39 is 0 Å². The highest BCUT2D eigenvalue weighted by Crippen LogP contribution is 2.19. The van der Waals surface area contributed by atoms with Gasteiger partial charge in [0.25, 0.3) is 5.56 Å². The van der Waals surface area contributed by atoms with Crippen LogP contribution in [0.1, 0.15) is 37.9 Å². The minimum absolute atomic E-state index is 0.0446. The number of fused-ring (bicyclic) bond motifs is 1. The molecule has 9 nitrogen and oxygen atoms in total. The van der Waals surface area contributed by atoms with Crippen LogP contribution in [0, 0.1) is 12.8 Å². The van der Waals surface area contributed by atoms with E-state index in [1.54, 1.807) is 19.4 Å². The number of aromatic nitrogens is 4. The van der Waals surface area contributed by atoms with E-state index in [-0.39, 0.29) is 18.0 Å². The Hall–Kier alpha value is -3.20. The fraction of sp³-hybridized carbons (Fsp3) is 0.500. The smallest absolute Gasteiger partial charge is 0.293 e. The van der Waals surface area contributed by atoms with Gasteiger partial charge in [-0.15, -0.1) is 0 Å². The molecule has 1 saturated heterocycles. The third kappa shape index (κ3) is 5.60. The maximum atomic E-state index is 13.0. The molecule has 0 aliphatic carbocycles. The van der Waals surface area contributed by atoms with Gasteiger partial charge in [0.2, 0.25) is 5.91 Å². The van der Waals surface area contributed by atoms with Crippen LogP contribution in [0.15, 0.2) is 35.5 Å². The van der Waals surface area contributed by atoms with Gasteiger partial charge in [0, 0.05) is 37.6 Å². The van der Waals surface area contributed by atoms with E-state index in [4.69, 9.17) is 0 Å². The van der Waals surface area contributed by atoms with Gasteiger partial charge in [-0.05, 0) is 49.9 Å². The minimum atomic E-state index is -0.266. The molecule has 1 amide bonds. The number of benzene rings is 1. The zero-order valence-electron chi connectivity index (χ0n) is 19.6. The first-order chi connectivity index (χ1) is 15.9. The monoisotopic (exact) mass is 451 g/mol. The Morgan fingerprint density at radius 1 is 1.30 bits per heavy atom. The summed E-state index contributed by atoms with van der Waals surface area (Å²) in [6.45, 7) is 9.42. The molecule has 9 heteroatoms. The topological polar surface area (TPSA) is 108 Å². The predicted molar refractivity (Wildman–Crippen MR) is 129 cm³/mol. The number of hydrogen-bond donors (Lipinski definition) is 3. The molecule has 1 aliphatic heterocycles. The highest BCUT2D eigenvalue weighted by Gasteiger charge is 2.25. The zero-order chi connectivity index (χ0) is 23.4. The molecule has 0 spiro atoms. The summed E-state index contributed by atoms with van der Waals surface area (Å²) in [5, 5.41) is 6.14. The van der Waals surface area contributed by atoms with Gasteiger partial charge in [0.15, 0.2) is 5.82 Å². The molecule has 1 aromatic carbocycles. The van der Waals surface area contributed by atoms with Crippen LogP contribution < -0.4 is 16.2 Å². The summed E-state index contributed by atoms with van der Waals surface area (Å²) in [6, 6.07) is 6.20. The number of anilines is 1. The molecule has 3 aromatic rings. The summed E-state index contributed by atoms with van der Waals surface area (Å²) < 4.78 is 1.48. The number of imidazole rings is 1. The maximum Gasteiger partial charge on any atom is 0.293 e. The normalized spacial score (nSPS) is 16.5. The first kappa shape index (κ1) is 23.0. The number of aryl methyl sites for hydroxylation is 1. The highest BCUT2D eigenvalue weighted by atomic mass is 16.2. The van der Waals surface area contributed by atoms with E-state index in [2.05, 4.69) is 44.3 Å². The summed E-state index contributed by atoms with van der Waals surface area (Å²) in [5.41, 5.74) is 3.16. The van der Waals surface area contributed by atoms with Crippen molar-refractivity contribution in [3.8, 4) is 0 Å². The first-order valence-electron chi connectivity index (χ1n) is 11.6. The molecule has 1 atom stereocenters.